The van der Waals surface area contributed by atoms with Crippen LogP contribution in [-0.4, -0.2) is 55.8 Å². The molecule has 0 spiro atoms. The van der Waals surface area contributed by atoms with Gasteiger partial charge in [0, 0.05) is 32.1 Å². The molecule has 4 rings (SSSR count). The van der Waals surface area contributed by atoms with Crippen LogP contribution >= 0.6 is 11.6 Å². The number of nitrogens with zero attached hydrogens (tertiary/aromatic N) is 3. The van der Waals surface area contributed by atoms with Crippen LogP contribution in [0.1, 0.15) is 35.2 Å². The summed E-state index contributed by atoms with van der Waals surface area (Å²) in [5.74, 6) is -2.71. The number of H-pyrrole nitrogens is 1. The van der Waals surface area contributed by atoms with E-state index in [4.69, 9.17) is 30.9 Å². The molecule has 0 saturated heterocycles. The molecule has 11 nitrogen and oxygen atoms in total. The summed E-state index contributed by atoms with van der Waals surface area (Å²) in [4.78, 5) is 35.9. The molecule has 0 radical (unpaired) electrons. The first kappa shape index (κ1) is 28.0. The number of imidazole rings is 1. The molecular formula is C25H23ClF2N4O7. The Morgan fingerprint density at radius 3 is 2.54 bits per heavy atom. The highest BCUT2D eigenvalue weighted by atomic mass is 35.5. The van der Waals surface area contributed by atoms with Crippen molar-refractivity contribution in [3.8, 4) is 22.9 Å². The summed E-state index contributed by atoms with van der Waals surface area (Å²) in [6, 6.07) is 4.83. The van der Waals surface area contributed by atoms with Gasteiger partial charge in [0.05, 0.1) is 30.0 Å². The highest BCUT2D eigenvalue weighted by Crippen LogP contribution is 2.37. The highest BCUT2D eigenvalue weighted by molar-refractivity contribution is 6.32. The lowest BCUT2D eigenvalue weighted by Crippen LogP contribution is -2.16. The van der Waals surface area contributed by atoms with E-state index in [0.717, 1.165) is 10.6 Å². The van der Waals surface area contributed by atoms with Gasteiger partial charge in [0.1, 0.15) is 30.2 Å². The topological polar surface area (TPSA) is 149 Å². The predicted molar refractivity (Wildman–Crippen MR) is 135 cm³/mol. The molecule has 206 valence electrons. The van der Waals surface area contributed by atoms with Crippen molar-refractivity contribution in [1.82, 2.24) is 19.5 Å². The van der Waals surface area contributed by atoms with Crippen LogP contribution in [0, 0.1) is 11.6 Å². The van der Waals surface area contributed by atoms with Crippen molar-refractivity contribution in [3.05, 3.63) is 68.5 Å². The second-order valence-corrected chi connectivity index (χ2v) is 8.58. The highest BCUT2D eigenvalue weighted by Gasteiger charge is 2.23. The maximum atomic E-state index is 14.5. The first-order valence-corrected chi connectivity index (χ1v) is 11.9. The van der Waals surface area contributed by atoms with Crippen LogP contribution in [0.25, 0.3) is 16.9 Å². The van der Waals surface area contributed by atoms with E-state index in [1.165, 1.54) is 32.2 Å². The maximum Gasteiger partial charge on any atom is 0.332 e. The van der Waals surface area contributed by atoms with Gasteiger partial charge in [-0.15, -0.1) is 0 Å². The standard InChI is InChI=1S/C25H23ClF2N4O7/c1-12(35)22-23-24(30-20(10-34)29-22)32(25(36)31-23)16-9-19(18(8-14(16)26)38-7-3-6-33)39-11-13-17(37-2)5-4-15(27)21(13)28/h4-5,8-9,33-34H,3,6-7,10-11H2,1-2H3,(H,31,36). The third-order valence-electron chi connectivity index (χ3n) is 5.62. The zero-order valence-electron chi connectivity index (χ0n) is 20.8. The smallest absolute Gasteiger partial charge is 0.332 e. The number of aliphatic hydroxyl groups is 2. The molecule has 2 aromatic carbocycles. The molecule has 4 aromatic rings. The number of methoxy groups -OCH3 is 1. The van der Waals surface area contributed by atoms with Gasteiger partial charge < -0.3 is 29.4 Å². The Labute approximate surface area is 224 Å². The number of aromatic nitrogens is 4. The second kappa shape index (κ2) is 11.8. The third kappa shape index (κ3) is 5.55. The fraction of sp³-hybridized carbons (Fsp3) is 0.280. The van der Waals surface area contributed by atoms with Crippen molar-refractivity contribution in [2.24, 2.45) is 0 Å². The molecule has 0 amide bonds. The molecule has 14 heteroatoms. The van der Waals surface area contributed by atoms with Gasteiger partial charge in [0.2, 0.25) is 0 Å². The Balaban J connectivity index is 1.86. The van der Waals surface area contributed by atoms with Crippen LogP contribution in [0.5, 0.6) is 17.2 Å². The molecular weight excluding hydrogens is 542 g/mol. The minimum atomic E-state index is -1.16. The van der Waals surface area contributed by atoms with Crippen molar-refractivity contribution in [3.63, 3.8) is 0 Å². The summed E-state index contributed by atoms with van der Waals surface area (Å²) in [5.41, 5.74) is -1.00. The first-order chi connectivity index (χ1) is 18.7. The number of aliphatic hydroxyl groups excluding tert-OH is 2. The van der Waals surface area contributed by atoms with Crippen molar-refractivity contribution in [2.75, 3.05) is 20.3 Å². The van der Waals surface area contributed by atoms with Crippen LogP contribution in [0.3, 0.4) is 0 Å². The van der Waals surface area contributed by atoms with Crippen LogP contribution < -0.4 is 19.9 Å². The molecule has 0 saturated carbocycles. The molecule has 39 heavy (non-hydrogen) atoms. The molecule has 0 unspecified atom stereocenters. The summed E-state index contributed by atoms with van der Waals surface area (Å²) in [5, 5.41) is 18.7. The lowest BCUT2D eigenvalue weighted by Gasteiger charge is -2.17. The fourth-order valence-electron chi connectivity index (χ4n) is 3.80. The zero-order chi connectivity index (χ0) is 28.3. The molecule has 0 aliphatic carbocycles. The quantitative estimate of drug-likeness (QED) is 0.184. The van der Waals surface area contributed by atoms with E-state index >= 15 is 0 Å². The summed E-state index contributed by atoms with van der Waals surface area (Å²) >= 11 is 6.52. The van der Waals surface area contributed by atoms with Crippen LogP contribution in [0.2, 0.25) is 5.02 Å². The number of hydrogen-bond donors (Lipinski definition) is 3. The van der Waals surface area contributed by atoms with Gasteiger partial charge in [-0.1, -0.05) is 11.6 Å². The average Bonchev–Trinajstić information content (AvgIpc) is 3.24. The molecule has 0 bridgehead atoms. The summed E-state index contributed by atoms with van der Waals surface area (Å²) < 4.78 is 46.1. The van der Waals surface area contributed by atoms with E-state index in [9.17, 15) is 23.5 Å². The normalized spacial score (nSPS) is 11.2. The number of rotatable bonds is 11. The monoisotopic (exact) mass is 564 g/mol. The number of carbonyl (C=O) groups is 1. The number of hydrogen-bond acceptors (Lipinski definition) is 9. The summed E-state index contributed by atoms with van der Waals surface area (Å²) in [7, 11) is 1.29. The molecule has 0 aliphatic heterocycles. The Morgan fingerprint density at radius 1 is 1.13 bits per heavy atom. The fourth-order valence-corrected chi connectivity index (χ4v) is 4.04. The maximum absolute atomic E-state index is 14.5. The lowest BCUT2D eigenvalue weighted by molar-refractivity contribution is 0.101. The number of Topliss-reactive ketones (excluding diaryl/α,β-unsaturated/α-hetero) is 1. The number of nitrogens with one attached hydrogen (secondary N) is 1. The van der Waals surface area contributed by atoms with Crippen molar-refractivity contribution < 1.29 is 38.0 Å². The Kier molecular flexibility index (Phi) is 8.43. The lowest BCUT2D eigenvalue weighted by atomic mass is 10.2. The average molecular weight is 565 g/mol. The number of fused-ring (bicyclic) bond motifs is 1. The predicted octanol–water partition coefficient (Wildman–Crippen LogP) is 3.08. The number of ether oxygens (including phenoxy) is 3. The van der Waals surface area contributed by atoms with E-state index in [0.29, 0.717) is 0 Å². The summed E-state index contributed by atoms with van der Waals surface area (Å²) in [6.45, 7) is 0.0799. The van der Waals surface area contributed by atoms with Gasteiger partial charge in [-0.25, -0.2) is 28.1 Å². The van der Waals surface area contributed by atoms with Gasteiger partial charge in [-0.2, -0.15) is 0 Å². The SMILES string of the molecule is COc1ccc(F)c(F)c1COc1cc(-n2c(=O)[nH]c3c(C(C)=O)nc(CO)nc32)c(Cl)cc1OCCCO. The van der Waals surface area contributed by atoms with Gasteiger partial charge in [0.25, 0.3) is 0 Å². The Morgan fingerprint density at radius 2 is 1.87 bits per heavy atom. The van der Waals surface area contributed by atoms with Crippen molar-refractivity contribution >= 4 is 28.5 Å². The zero-order valence-corrected chi connectivity index (χ0v) is 21.5. The van der Waals surface area contributed by atoms with Gasteiger partial charge in [-0.05, 0) is 12.1 Å². The van der Waals surface area contributed by atoms with Gasteiger partial charge in [-0.3, -0.25) is 4.79 Å². The van der Waals surface area contributed by atoms with Crippen molar-refractivity contribution in [2.45, 2.75) is 26.6 Å². The third-order valence-corrected chi connectivity index (χ3v) is 5.92. The minimum absolute atomic E-state index is 0.00685. The molecule has 2 aromatic heterocycles. The van der Waals surface area contributed by atoms with E-state index in [1.54, 1.807) is 0 Å². The van der Waals surface area contributed by atoms with Crippen molar-refractivity contribution in [1.29, 1.82) is 0 Å². The number of halogens is 3. The molecule has 0 aliphatic rings. The minimum Gasteiger partial charge on any atom is -0.496 e. The van der Waals surface area contributed by atoms with Crippen LogP contribution in [0.15, 0.2) is 29.1 Å². The first-order valence-electron chi connectivity index (χ1n) is 11.5. The summed E-state index contributed by atoms with van der Waals surface area (Å²) in [6.07, 6.45) is 0.280. The van der Waals surface area contributed by atoms with Crippen LogP contribution in [-0.2, 0) is 13.2 Å². The molecule has 2 heterocycles. The van der Waals surface area contributed by atoms with Crippen LogP contribution in [0.4, 0.5) is 8.78 Å². The van der Waals surface area contributed by atoms with E-state index < -0.39 is 36.3 Å². The molecule has 3 N–H and O–H groups in total. The van der Waals surface area contributed by atoms with E-state index in [-0.39, 0.29) is 75.8 Å². The van der Waals surface area contributed by atoms with E-state index in [1.807, 2.05) is 0 Å². The Bertz CT molecular complexity index is 1610. The van der Waals surface area contributed by atoms with Gasteiger partial charge in [0.15, 0.2) is 40.4 Å². The molecule has 0 fully saturated rings. The largest absolute Gasteiger partial charge is 0.496 e. The number of aromatic amines is 1. The Hall–Kier alpha value is -4.07. The van der Waals surface area contributed by atoms with Gasteiger partial charge >= 0.3 is 5.69 Å². The number of ketones is 1. The number of benzene rings is 2. The molecule has 0 atom stereocenters. The van der Waals surface area contributed by atoms with E-state index in [2.05, 4.69) is 15.0 Å². The second-order valence-electron chi connectivity index (χ2n) is 8.17. The number of carbonyl (C=O) groups excluding carboxylic acids is 1.